The van der Waals surface area contributed by atoms with E-state index < -0.39 is 108 Å². The molecule has 0 radical (unpaired) electrons. The highest BCUT2D eigenvalue weighted by Crippen LogP contribution is 2.21. The molecule has 2 unspecified atom stereocenters. The number of aliphatic hydroxyl groups is 2. The Balaban J connectivity index is 3.41. The van der Waals surface area contributed by atoms with Crippen LogP contribution in [0, 0.1) is 23.7 Å². The number of nitrogens with zero attached hydrogens (tertiary/aromatic N) is 3. The van der Waals surface area contributed by atoms with Crippen LogP contribution >= 0.6 is 0 Å². The number of carbonyl (C=O) groups excluding carboxylic acids is 6. The molecule has 1 aliphatic heterocycles. The fourth-order valence-corrected chi connectivity index (χ4v) is 6.59. The molecule has 0 aliphatic carbocycles. The molecule has 0 aromatic heterocycles. The van der Waals surface area contributed by atoms with Gasteiger partial charge in [-0.3, -0.25) is 28.8 Å². The van der Waals surface area contributed by atoms with Gasteiger partial charge in [0.25, 0.3) is 0 Å². The summed E-state index contributed by atoms with van der Waals surface area (Å²) in [6, 6.07) is -8.21. The van der Waals surface area contributed by atoms with Crippen molar-refractivity contribution >= 4 is 41.4 Å². The summed E-state index contributed by atoms with van der Waals surface area (Å²) in [5.41, 5.74) is 0. The molecule has 0 saturated carbocycles. The van der Waals surface area contributed by atoms with Gasteiger partial charge >= 0.3 is 5.97 Å². The largest absolute Gasteiger partial charge is 0.480 e. The van der Waals surface area contributed by atoms with E-state index >= 15 is 0 Å². The lowest BCUT2D eigenvalue weighted by molar-refractivity contribution is -0.153. The maximum absolute atomic E-state index is 14.2. The van der Waals surface area contributed by atoms with Gasteiger partial charge in [0.05, 0.1) is 18.2 Å². The normalized spacial score (nSPS) is 19.7. The van der Waals surface area contributed by atoms with E-state index in [-0.39, 0.29) is 18.2 Å². The second kappa shape index (κ2) is 23.3. The lowest BCUT2D eigenvalue weighted by Gasteiger charge is -2.38. The molecule has 1 heterocycles. The van der Waals surface area contributed by atoms with Crippen LogP contribution in [0.2, 0.25) is 0 Å². The van der Waals surface area contributed by atoms with Crippen LogP contribution in [0.15, 0.2) is 12.7 Å². The Morgan fingerprint density at radius 3 is 1.88 bits per heavy atom. The molecule has 6 amide bonds. The number of carbonyl (C=O) groups is 7. The van der Waals surface area contributed by atoms with Gasteiger partial charge in [0.1, 0.15) is 36.3 Å². The molecule has 326 valence electrons. The summed E-state index contributed by atoms with van der Waals surface area (Å²) in [5.74, 6) is -7.09. The first-order valence-electron chi connectivity index (χ1n) is 20.1. The van der Waals surface area contributed by atoms with Gasteiger partial charge in [-0.2, -0.15) is 0 Å². The van der Waals surface area contributed by atoms with E-state index in [2.05, 4.69) is 27.8 Å². The number of hydrogen-bond acceptors (Lipinski definition) is 10. The lowest BCUT2D eigenvalue weighted by Crippen LogP contribution is -2.64. The average Bonchev–Trinajstić information content (AvgIpc) is 3.18. The predicted octanol–water partition coefficient (Wildman–Crippen LogP) is 0.480. The summed E-state index contributed by atoms with van der Waals surface area (Å²) in [5, 5.41) is 42.8. The molecular formula is C40H71N7O10. The second-order valence-electron chi connectivity index (χ2n) is 16.2. The van der Waals surface area contributed by atoms with Crippen LogP contribution < -0.4 is 21.3 Å². The first-order valence-corrected chi connectivity index (χ1v) is 20.1. The molecule has 1 rings (SSSR count). The minimum atomic E-state index is -1.52. The van der Waals surface area contributed by atoms with E-state index in [0.29, 0.717) is 32.2 Å². The highest BCUT2D eigenvalue weighted by Gasteiger charge is 2.43. The van der Waals surface area contributed by atoms with E-state index in [1.165, 1.54) is 25.9 Å². The minimum Gasteiger partial charge on any atom is -0.480 e. The number of likely N-dealkylation sites (tertiary alicyclic amines) is 1. The van der Waals surface area contributed by atoms with Crippen LogP contribution in [-0.4, -0.2) is 154 Å². The number of nitrogens with one attached hydrogen (secondary N) is 4. The zero-order chi connectivity index (χ0) is 44.1. The zero-order valence-corrected chi connectivity index (χ0v) is 36.1. The number of carboxylic acids is 1. The van der Waals surface area contributed by atoms with Crippen molar-refractivity contribution in [1.29, 1.82) is 0 Å². The van der Waals surface area contributed by atoms with Crippen LogP contribution in [0.4, 0.5) is 0 Å². The monoisotopic (exact) mass is 810 g/mol. The number of aliphatic hydroxyl groups excluding tert-OH is 2. The van der Waals surface area contributed by atoms with Crippen LogP contribution in [0.25, 0.3) is 0 Å². The maximum atomic E-state index is 14.2. The molecule has 17 heteroatoms. The number of rotatable bonds is 22. The van der Waals surface area contributed by atoms with Gasteiger partial charge in [-0.15, -0.1) is 6.58 Å². The zero-order valence-electron chi connectivity index (χ0n) is 36.1. The molecule has 0 bridgehead atoms. The lowest BCUT2D eigenvalue weighted by atomic mass is 9.94. The molecular weight excluding hydrogens is 738 g/mol. The summed E-state index contributed by atoms with van der Waals surface area (Å²) in [7, 11) is 4.28. The number of piperidine rings is 1. The van der Waals surface area contributed by atoms with Crippen LogP contribution in [0.3, 0.4) is 0 Å². The number of carboxylic acid groups (broad SMARTS) is 1. The van der Waals surface area contributed by atoms with Gasteiger partial charge in [-0.25, -0.2) is 4.79 Å². The average molecular weight is 810 g/mol. The van der Waals surface area contributed by atoms with Crippen LogP contribution in [-0.2, 0) is 33.6 Å². The van der Waals surface area contributed by atoms with E-state index in [0.717, 1.165) is 9.80 Å². The number of likely N-dealkylation sites (N-methyl/N-ethyl adjacent to an activating group) is 3. The Hall–Kier alpha value is -4.09. The summed E-state index contributed by atoms with van der Waals surface area (Å²) in [6.45, 7) is 19.0. The van der Waals surface area contributed by atoms with E-state index in [1.807, 2.05) is 0 Å². The molecule has 1 fully saturated rings. The van der Waals surface area contributed by atoms with Crippen LogP contribution in [0.1, 0.15) is 94.4 Å². The SMILES string of the molecule is C=C[C@H](C)C[C@H](NC(=O)[C@H]([C@@H](O)C(C)C)N(C)C(=O)[C@H](C)N(C)C(=O)C(NC(=O)C(NC(=O)[C@H]1CCCCN1C(=O)[C@H](C)NC)[C@H](O)C(C)C)[C@@H](C)CC)C(=O)O. The Kier molecular flexibility index (Phi) is 20.9. The topological polar surface area (TPSA) is 238 Å². The summed E-state index contributed by atoms with van der Waals surface area (Å²) < 4.78 is 0. The van der Waals surface area contributed by atoms with Crippen molar-refractivity contribution in [3.63, 3.8) is 0 Å². The van der Waals surface area contributed by atoms with Gasteiger partial charge < -0.3 is 51.3 Å². The van der Waals surface area contributed by atoms with E-state index in [1.54, 1.807) is 68.5 Å². The van der Waals surface area contributed by atoms with Crippen molar-refractivity contribution in [2.45, 2.75) is 149 Å². The standard InChI is InChI=1S/C40H71N7O10/c1-14-23(7)20-27(40(56)57)42-36(52)31(33(49)22(5)6)46(13)38(54)26(10)45(12)39(55)29(24(8)15-2)43-35(51)30(32(48)21(3)4)44-34(50)28-18-16-17-19-47(28)37(53)25(9)41-11/h14,21-33,41,48-49H,1,15-20H2,2-13H3,(H,42,52)(H,43,51)(H,44,50)(H,56,57)/t23-,24-,25-,26-,27-,28+,29?,30?,31-,32+,33-/m0/s1. The Morgan fingerprint density at radius 2 is 1.39 bits per heavy atom. The number of allylic oxidation sites excluding steroid dienone is 1. The molecule has 57 heavy (non-hydrogen) atoms. The maximum Gasteiger partial charge on any atom is 0.326 e. The van der Waals surface area contributed by atoms with Gasteiger partial charge in [0.2, 0.25) is 35.4 Å². The van der Waals surface area contributed by atoms with Gasteiger partial charge in [0.15, 0.2) is 0 Å². The summed E-state index contributed by atoms with van der Waals surface area (Å²) in [6.07, 6.45) is 0.969. The van der Waals surface area contributed by atoms with Gasteiger partial charge in [-0.05, 0) is 70.3 Å². The van der Waals surface area contributed by atoms with Crippen molar-refractivity contribution in [3.05, 3.63) is 12.7 Å². The molecule has 17 nitrogen and oxygen atoms in total. The number of hydrogen-bond donors (Lipinski definition) is 7. The fraction of sp³-hybridized carbons (Fsp3) is 0.775. The summed E-state index contributed by atoms with van der Waals surface area (Å²) >= 11 is 0. The van der Waals surface area contributed by atoms with Gasteiger partial charge in [-0.1, -0.05) is 61.0 Å². The Morgan fingerprint density at radius 1 is 0.807 bits per heavy atom. The Bertz CT molecular complexity index is 1410. The molecule has 0 spiro atoms. The smallest absolute Gasteiger partial charge is 0.326 e. The van der Waals surface area contributed by atoms with Crippen LogP contribution in [0.5, 0.6) is 0 Å². The minimum absolute atomic E-state index is 0.0243. The number of amides is 6. The fourth-order valence-electron chi connectivity index (χ4n) is 6.59. The molecule has 11 atom stereocenters. The predicted molar refractivity (Wildman–Crippen MR) is 215 cm³/mol. The third-order valence-electron chi connectivity index (χ3n) is 11.2. The Labute approximate surface area is 338 Å². The first-order chi connectivity index (χ1) is 26.5. The van der Waals surface area contributed by atoms with E-state index in [4.69, 9.17) is 0 Å². The van der Waals surface area contributed by atoms with E-state index in [9.17, 15) is 48.9 Å². The highest BCUT2D eigenvalue weighted by atomic mass is 16.4. The molecule has 1 saturated heterocycles. The van der Waals surface area contributed by atoms with Crippen molar-refractivity contribution in [2.24, 2.45) is 23.7 Å². The summed E-state index contributed by atoms with van der Waals surface area (Å²) in [4.78, 5) is 98.2. The molecule has 0 aromatic carbocycles. The third kappa shape index (κ3) is 13.8. The number of aliphatic carboxylic acids is 1. The molecule has 1 aliphatic rings. The molecule has 7 N–H and O–H groups in total. The van der Waals surface area contributed by atoms with Crippen molar-refractivity contribution < 1.29 is 48.9 Å². The third-order valence-corrected chi connectivity index (χ3v) is 11.2. The molecule has 0 aromatic rings. The quantitative estimate of drug-likeness (QED) is 0.0743. The van der Waals surface area contributed by atoms with Crippen molar-refractivity contribution in [2.75, 3.05) is 27.7 Å². The first kappa shape index (κ1) is 50.9. The van der Waals surface area contributed by atoms with Gasteiger partial charge in [0, 0.05) is 20.6 Å². The van der Waals surface area contributed by atoms with Crippen molar-refractivity contribution in [3.8, 4) is 0 Å². The second-order valence-corrected chi connectivity index (χ2v) is 16.2. The van der Waals surface area contributed by atoms with Crippen molar-refractivity contribution in [1.82, 2.24) is 36.0 Å². The highest BCUT2D eigenvalue weighted by molar-refractivity contribution is 5.97.